The maximum absolute atomic E-state index is 12.4. The highest BCUT2D eigenvalue weighted by Gasteiger charge is 2.23. The zero-order valence-corrected chi connectivity index (χ0v) is 12.1. The first-order valence-corrected chi connectivity index (χ1v) is 6.86. The molecule has 2 aromatic heterocycles. The molecule has 3 N–H and O–H groups in total. The van der Waals surface area contributed by atoms with E-state index in [1.54, 1.807) is 19.1 Å². The number of nitrogens with one attached hydrogen (secondary N) is 1. The number of hydrogen-bond donors (Lipinski definition) is 3. The molecule has 1 aromatic carbocycles. The van der Waals surface area contributed by atoms with Crippen molar-refractivity contribution in [3.05, 3.63) is 46.4 Å². The van der Waals surface area contributed by atoms with E-state index in [9.17, 15) is 19.8 Å². The summed E-state index contributed by atoms with van der Waals surface area (Å²) in [5.74, 6) is -1.16. The summed E-state index contributed by atoms with van der Waals surface area (Å²) in [6, 6.07) is 5.43. The van der Waals surface area contributed by atoms with Crippen LogP contribution in [0.25, 0.3) is 22.2 Å². The van der Waals surface area contributed by atoms with Crippen LogP contribution in [0.3, 0.4) is 0 Å². The van der Waals surface area contributed by atoms with Crippen LogP contribution >= 0.6 is 0 Å². The third-order valence-corrected chi connectivity index (χ3v) is 3.33. The molecule has 23 heavy (non-hydrogen) atoms. The minimum Gasteiger partial charge on any atom is -0.508 e. The molecule has 0 aliphatic heterocycles. The van der Waals surface area contributed by atoms with Gasteiger partial charge in [0.1, 0.15) is 11.5 Å². The van der Waals surface area contributed by atoms with Gasteiger partial charge in [-0.05, 0) is 25.1 Å². The van der Waals surface area contributed by atoms with Crippen molar-refractivity contribution in [3.63, 3.8) is 0 Å². The average Bonchev–Trinajstić information content (AvgIpc) is 3.00. The highest BCUT2D eigenvalue weighted by atomic mass is 16.5. The SMILES string of the molecule is CCOC(=O)c1c(-c2ccco2)[nH]c(=O)c2c(O)cc(O)cc12. The fourth-order valence-electron chi connectivity index (χ4n) is 2.44. The van der Waals surface area contributed by atoms with Gasteiger partial charge in [0.25, 0.3) is 5.56 Å². The van der Waals surface area contributed by atoms with Gasteiger partial charge in [0, 0.05) is 11.5 Å². The van der Waals surface area contributed by atoms with Crippen molar-refractivity contribution in [2.24, 2.45) is 0 Å². The highest BCUT2D eigenvalue weighted by Crippen LogP contribution is 2.33. The number of carbonyl (C=O) groups is 1. The quantitative estimate of drug-likeness (QED) is 0.640. The lowest BCUT2D eigenvalue weighted by Crippen LogP contribution is -2.15. The van der Waals surface area contributed by atoms with Crippen molar-refractivity contribution in [2.45, 2.75) is 6.92 Å². The molecular formula is C16H13NO6. The lowest BCUT2D eigenvalue weighted by molar-refractivity contribution is 0.0529. The number of furan rings is 1. The molecular weight excluding hydrogens is 302 g/mol. The maximum atomic E-state index is 12.4. The minimum atomic E-state index is -0.704. The summed E-state index contributed by atoms with van der Waals surface area (Å²) in [4.78, 5) is 27.2. The average molecular weight is 315 g/mol. The van der Waals surface area contributed by atoms with Crippen molar-refractivity contribution in [1.29, 1.82) is 0 Å². The molecule has 0 aliphatic rings. The molecule has 7 nitrogen and oxygen atoms in total. The molecule has 0 fully saturated rings. The summed E-state index contributed by atoms with van der Waals surface area (Å²) in [6.07, 6.45) is 1.40. The Kier molecular flexibility index (Phi) is 3.53. The van der Waals surface area contributed by atoms with Gasteiger partial charge in [-0.2, -0.15) is 0 Å². The zero-order chi connectivity index (χ0) is 16.6. The molecule has 0 radical (unpaired) electrons. The molecule has 0 aliphatic carbocycles. The first kappa shape index (κ1) is 14.7. The maximum Gasteiger partial charge on any atom is 0.341 e. The monoisotopic (exact) mass is 315 g/mol. The standard InChI is InChI=1S/C16H13NO6/c1-2-22-16(21)13-9-6-8(18)7-10(19)12(9)15(20)17-14(13)11-4-3-5-23-11/h3-7,18-19H,2H2,1H3,(H,17,20). The van der Waals surface area contributed by atoms with E-state index in [0.717, 1.165) is 6.07 Å². The predicted molar refractivity (Wildman–Crippen MR) is 81.6 cm³/mol. The highest BCUT2D eigenvalue weighted by molar-refractivity contribution is 6.10. The zero-order valence-electron chi connectivity index (χ0n) is 12.1. The van der Waals surface area contributed by atoms with Crippen LogP contribution < -0.4 is 5.56 Å². The molecule has 0 saturated carbocycles. The van der Waals surface area contributed by atoms with Crippen LogP contribution in [0.2, 0.25) is 0 Å². The third-order valence-electron chi connectivity index (χ3n) is 3.33. The Morgan fingerprint density at radius 3 is 2.78 bits per heavy atom. The van der Waals surface area contributed by atoms with Crippen LogP contribution in [0.1, 0.15) is 17.3 Å². The van der Waals surface area contributed by atoms with Crippen molar-refractivity contribution in [2.75, 3.05) is 6.61 Å². The summed E-state index contributed by atoms with van der Waals surface area (Å²) >= 11 is 0. The lowest BCUT2D eigenvalue weighted by Gasteiger charge is -2.11. The number of phenols is 2. The van der Waals surface area contributed by atoms with E-state index in [1.165, 1.54) is 12.3 Å². The predicted octanol–water partition coefficient (Wildman–Crippen LogP) is 2.38. The molecule has 2 heterocycles. The van der Waals surface area contributed by atoms with Gasteiger partial charge in [-0.3, -0.25) is 4.79 Å². The Bertz CT molecular complexity index is 939. The molecule has 0 saturated heterocycles. The van der Waals surface area contributed by atoms with Crippen LogP contribution in [-0.2, 0) is 4.74 Å². The number of esters is 1. The van der Waals surface area contributed by atoms with Crippen LogP contribution in [-0.4, -0.2) is 27.8 Å². The molecule has 118 valence electrons. The molecule has 0 bridgehead atoms. The number of fused-ring (bicyclic) bond motifs is 1. The Hall–Kier alpha value is -3.22. The summed E-state index contributed by atoms with van der Waals surface area (Å²) in [6.45, 7) is 1.77. The summed E-state index contributed by atoms with van der Waals surface area (Å²) in [5.41, 5.74) is -0.490. The molecule has 0 spiro atoms. The first-order valence-electron chi connectivity index (χ1n) is 6.86. The van der Waals surface area contributed by atoms with Gasteiger partial charge in [0.15, 0.2) is 5.76 Å². The van der Waals surface area contributed by atoms with E-state index >= 15 is 0 Å². The number of aromatic amines is 1. The van der Waals surface area contributed by atoms with Gasteiger partial charge in [-0.1, -0.05) is 0 Å². The van der Waals surface area contributed by atoms with E-state index < -0.39 is 17.3 Å². The van der Waals surface area contributed by atoms with E-state index in [4.69, 9.17) is 9.15 Å². The Labute approximate surface area is 129 Å². The van der Waals surface area contributed by atoms with Crippen molar-refractivity contribution in [3.8, 4) is 23.0 Å². The summed E-state index contributed by atoms with van der Waals surface area (Å²) in [7, 11) is 0. The second-order valence-electron chi connectivity index (χ2n) is 4.79. The molecule has 3 aromatic rings. The number of phenolic OH excluding ortho intramolecular Hbond substituents is 2. The molecule has 0 atom stereocenters. The smallest absolute Gasteiger partial charge is 0.341 e. The number of ether oxygens (including phenoxy) is 1. The number of pyridine rings is 1. The van der Waals surface area contributed by atoms with Gasteiger partial charge in [0.2, 0.25) is 0 Å². The first-order chi connectivity index (χ1) is 11.0. The summed E-state index contributed by atoms with van der Waals surface area (Å²) < 4.78 is 10.3. The summed E-state index contributed by atoms with van der Waals surface area (Å²) in [5, 5.41) is 19.6. The fourth-order valence-corrected chi connectivity index (χ4v) is 2.44. The van der Waals surface area contributed by atoms with Gasteiger partial charge >= 0.3 is 5.97 Å². The van der Waals surface area contributed by atoms with E-state index in [2.05, 4.69) is 4.98 Å². The number of H-pyrrole nitrogens is 1. The van der Waals surface area contributed by atoms with E-state index in [-0.39, 0.29) is 40.1 Å². The number of rotatable bonds is 3. The van der Waals surface area contributed by atoms with Gasteiger partial charge in [0.05, 0.1) is 29.5 Å². The van der Waals surface area contributed by atoms with Crippen LogP contribution in [0, 0.1) is 0 Å². The van der Waals surface area contributed by atoms with Crippen molar-refractivity contribution < 1.29 is 24.2 Å². The van der Waals surface area contributed by atoms with Gasteiger partial charge in [-0.25, -0.2) is 4.79 Å². The van der Waals surface area contributed by atoms with E-state index in [1.807, 2.05) is 0 Å². The number of hydrogen-bond acceptors (Lipinski definition) is 6. The van der Waals surface area contributed by atoms with Crippen molar-refractivity contribution >= 4 is 16.7 Å². The molecule has 0 amide bonds. The number of aromatic hydroxyl groups is 2. The van der Waals surface area contributed by atoms with Gasteiger partial charge < -0.3 is 24.4 Å². The molecule has 0 unspecified atom stereocenters. The molecule has 7 heteroatoms. The van der Waals surface area contributed by atoms with Crippen LogP contribution in [0.4, 0.5) is 0 Å². The van der Waals surface area contributed by atoms with Crippen molar-refractivity contribution in [1.82, 2.24) is 4.98 Å². The lowest BCUT2D eigenvalue weighted by atomic mass is 10.0. The van der Waals surface area contributed by atoms with Gasteiger partial charge in [-0.15, -0.1) is 0 Å². The number of carbonyl (C=O) groups excluding carboxylic acids is 1. The Morgan fingerprint density at radius 1 is 1.35 bits per heavy atom. The van der Waals surface area contributed by atoms with Crippen LogP contribution in [0.15, 0.2) is 39.7 Å². The van der Waals surface area contributed by atoms with E-state index in [0.29, 0.717) is 0 Å². The third kappa shape index (κ3) is 2.42. The normalized spacial score (nSPS) is 10.8. The van der Waals surface area contributed by atoms with Crippen LogP contribution in [0.5, 0.6) is 11.5 Å². The minimum absolute atomic E-state index is 0.00241. The second-order valence-corrected chi connectivity index (χ2v) is 4.79. The molecule has 3 rings (SSSR count). The Morgan fingerprint density at radius 2 is 2.13 bits per heavy atom. The number of aromatic nitrogens is 1. The topological polar surface area (TPSA) is 113 Å². The Balaban J connectivity index is 2.46. The number of benzene rings is 1. The fraction of sp³-hybridized carbons (Fsp3) is 0.125. The second kappa shape index (κ2) is 5.53. The largest absolute Gasteiger partial charge is 0.508 e.